The average molecular weight is 293 g/mol. The van der Waals surface area contributed by atoms with Crippen LogP contribution in [-0.4, -0.2) is 43.2 Å². The second-order valence-corrected chi connectivity index (χ2v) is 6.98. The predicted molar refractivity (Wildman–Crippen MR) is 87.3 cm³/mol. The van der Waals surface area contributed by atoms with Crippen molar-refractivity contribution in [2.75, 3.05) is 31.6 Å². The topological polar surface area (TPSA) is 18.5 Å². The third-order valence-corrected chi connectivity index (χ3v) is 4.38. The molecule has 0 radical (unpaired) electrons. The first-order chi connectivity index (χ1) is 9.79. The van der Waals surface area contributed by atoms with Crippen LogP contribution in [0.25, 0.3) is 0 Å². The molecule has 0 unspecified atom stereocenters. The minimum atomic E-state index is -0.113. The Bertz CT molecular complexity index is 485. The summed E-state index contributed by atoms with van der Waals surface area (Å²) in [7, 11) is 2.13. The van der Waals surface area contributed by atoms with Gasteiger partial charge < -0.3 is 10.2 Å². The molecule has 0 aromatic heterocycles. The number of benzene rings is 1. The Morgan fingerprint density at radius 1 is 1.29 bits per heavy atom. The molecule has 2 rings (SSSR count). The molecule has 3 nitrogen and oxygen atoms in total. The molecule has 0 amide bonds. The molecule has 0 saturated carbocycles. The lowest BCUT2D eigenvalue weighted by molar-refractivity contribution is 0.138. The van der Waals surface area contributed by atoms with Crippen molar-refractivity contribution >= 4 is 5.69 Å². The van der Waals surface area contributed by atoms with Crippen LogP contribution in [0.5, 0.6) is 0 Å². The zero-order chi connectivity index (χ0) is 15.6. The van der Waals surface area contributed by atoms with Crippen LogP contribution in [0.2, 0.25) is 0 Å². The number of likely N-dealkylation sites (N-methyl/N-ethyl adjacent to an activating group) is 1. The largest absolute Gasteiger partial charge is 0.366 e. The highest BCUT2D eigenvalue weighted by Crippen LogP contribution is 2.27. The summed E-state index contributed by atoms with van der Waals surface area (Å²) in [4.78, 5) is 4.50. The molecular formula is C17H28FN3. The molecular weight excluding hydrogens is 265 g/mol. The lowest BCUT2D eigenvalue weighted by Crippen LogP contribution is -2.57. The summed E-state index contributed by atoms with van der Waals surface area (Å²) >= 11 is 0. The molecule has 1 aromatic carbocycles. The predicted octanol–water partition coefficient (Wildman–Crippen LogP) is 2.85. The van der Waals surface area contributed by atoms with Gasteiger partial charge >= 0.3 is 0 Å². The molecule has 1 aromatic rings. The molecule has 4 heteroatoms. The molecule has 1 saturated heterocycles. The molecule has 1 aliphatic heterocycles. The van der Waals surface area contributed by atoms with Crippen LogP contribution in [0.15, 0.2) is 18.2 Å². The van der Waals surface area contributed by atoms with Crippen LogP contribution in [-0.2, 0) is 6.54 Å². The van der Waals surface area contributed by atoms with E-state index in [1.807, 2.05) is 12.1 Å². The molecule has 0 spiro atoms. The first-order valence-electron chi connectivity index (χ1n) is 7.77. The van der Waals surface area contributed by atoms with Gasteiger partial charge in [-0.3, -0.25) is 4.90 Å². The van der Waals surface area contributed by atoms with E-state index in [0.29, 0.717) is 12.6 Å². The first kappa shape index (κ1) is 16.2. The van der Waals surface area contributed by atoms with Gasteiger partial charge in [0.25, 0.3) is 0 Å². The molecule has 1 N–H and O–H groups in total. The number of nitrogens with one attached hydrogen (secondary N) is 1. The summed E-state index contributed by atoms with van der Waals surface area (Å²) in [6.07, 6.45) is 0. The highest BCUT2D eigenvalue weighted by molar-refractivity contribution is 5.50. The number of halogens is 1. The van der Waals surface area contributed by atoms with Crippen molar-refractivity contribution in [3.8, 4) is 0 Å². The lowest BCUT2D eigenvalue weighted by Gasteiger charge is -2.46. The third-order valence-electron chi connectivity index (χ3n) is 4.38. The van der Waals surface area contributed by atoms with Gasteiger partial charge in [-0.2, -0.15) is 0 Å². The Labute approximate surface area is 128 Å². The normalized spacial score (nSPS) is 19.3. The molecule has 1 heterocycles. The highest BCUT2D eigenvalue weighted by Gasteiger charge is 2.31. The van der Waals surface area contributed by atoms with Gasteiger partial charge in [-0.1, -0.05) is 19.9 Å². The van der Waals surface area contributed by atoms with Gasteiger partial charge in [0.2, 0.25) is 0 Å². The van der Waals surface area contributed by atoms with Crippen LogP contribution in [0, 0.1) is 5.82 Å². The van der Waals surface area contributed by atoms with Crippen molar-refractivity contribution in [2.45, 2.75) is 45.8 Å². The summed E-state index contributed by atoms with van der Waals surface area (Å²) in [6.45, 7) is 12.0. The quantitative estimate of drug-likeness (QED) is 0.921. The van der Waals surface area contributed by atoms with E-state index in [1.54, 1.807) is 6.07 Å². The van der Waals surface area contributed by atoms with Crippen molar-refractivity contribution < 1.29 is 4.39 Å². The van der Waals surface area contributed by atoms with E-state index >= 15 is 0 Å². The smallest absolute Gasteiger partial charge is 0.146 e. The van der Waals surface area contributed by atoms with Gasteiger partial charge in [-0.05, 0) is 38.6 Å². The maximum Gasteiger partial charge on any atom is 0.146 e. The number of anilines is 1. The van der Waals surface area contributed by atoms with Crippen LogP contribution in [0.1, 0.15) is 33.3 Å². The second kappa shape index (κ2) is 6.32. The van der Waals surface area contributed by atoms with Crippen LogP contribution in [0.3, 0.4) is 0 Å². The van der Waals surface area contributed by atoms with Crippen molar-refractivity contribution in [1.29, 1.82) is 0 Å². The fourth-order valence-corrected chi connectivity index (χ4v) is 2.68. The van der Waals surface area contributed by atoms with E-state index < -0.39 is 0 Å². The van der Waals surface area contributed by atoms with Gasteiger partial charge in [-0.15, -0.1) is 0 Å². The van der Waals surface area contributed by atoms with Crippen LogP contribution >= 0.6 is 0 Å². The Kier molecular flexibility index (Phi) is 4.89. The SMILES string of the molecule is CC(C)NCc1ccc(N2CCN(C)C(C)(C)C2)c(F)c1. The summed E-state index contributed by atoms with van der Waals surface area (Å²) in [5.41, 5.74) is 1.80. The van der Waals surface area contributed by atoms with E-state index in [0.717, 1.165) is 30.9 Å². The summed E-state index contributed by atoms with van der Waals surface area (Å²) < 4.78 is 14.4. The maximum absolute atomic E-state index is 14.4. The Morgan fingerprint density at radius 2 is 2.00 bits per heavy atom. The summed E-state index contributed by atoms with van der Waals surface area (Å²) in [5.74, 6) is -0.113. The second-order valence-electron chi connectivity index (χ2n) is 6.98. The molecule has 1 aliphatic rings. The standard InChI is InChI=1S/C17H28FN3/c1-13(2)19-11-14-6-7-16(15(18)10-14)21-9-8-20(5)17(3,4)12-21/h6-7,10,13,19H,8-9,11-12H2,1-5H3. The summed E-state index contributed by atoms with van der Waals surface area (Å²) in [5, 5.41) is 3.32. The highest BCUT2D eigenvalue weighted by atomic mass is 19.1. The zero-order valence-corrected chi connectivity index (χ0v) is 13.9. The van der Waals surface area contributed by atoms with E-state index in [4.69, 9.17) is 0 Å². The zero-order valence-electron chi connectivity index (χ0n) is 13.9. The van der Waals surface area contributed by atoms with Gasteiger partial charge in [0.1, 0.15) is 5.82 Å². The molecule has 0 bridgehead atoms. The summed E-state index contributed by atoms with van der Waals surface area (Å²) in [6, 6.07) is 6.02. The molecule has 0 aliphatic carbocycles. The van der Waals surface area contributed by atoms with E-state index in [2.05, 4.69) is 49.9 Å². The average Bonchev–Trinajstić information content (AvgIpc) is 2.40. The number of nitrogens with zero attached hydrogens (tertiary/aromatic N) is 2. The Balaban J connectivity index is 2.10. The van der Waals surface area contributed by atoms with Gasteiger partial charge in [-0.25, -0.2) is 4.39 Å². The third kappa shape index (κ3) is 3.95. The van der Waals surface area contributed by atoms with Crippen LogP contribution < -0.4 is 10.2 Å². The number of rotatable bonds is 4. The Hall–Kier alpha value is -1.13. The minimum Gasteiger partial charge on any atom is -0.366 e. The van der Waals surface area contributed by atoms with E-state index in [1.165, 1.54) is 0 Å². The molecule has 0 atom stereocenters. The lowest BCUT2D eigenvalue weighted by atomic mass is 9.99. The fraction of sp³-hybridized carbons (Fsp3) is 0.647. The van der Waals surface area contributed by atoms with Crippen molar-refractivity contribution in [3.05, 3.63) is 29.6 Å². The van der Waals surface area contributed by atoms with Gasteiger partial charge in [0.05, 0.1) is 5.69 Å². The van der Waals surface area contributed by atoms with Crippen molar-refractivity contribution in [2.24, 2.45) is 0 Å². The number of piperazine rings is 1. The maximum atomic E-state index is 14.4. The first-order valence-corrected chi connectivity index (χ1v) is 7.77. The van der Waals surface area contributed by atoms with E-state index in [9.17, 15) is 4.39 Å². The van der Waals surface area contributed by atoms with Gasteiger partial charge in [0, 0.05) is 37.8 Å². The van der Waals surface area contributed by atoms with E-state index in [-0.39, 0.29) is 11.4 Å². The van der Waals surface area contributed by atoms with Crippen molar-refractivity contribution in [3.63, 3.8) is 0 Å². The monoisotopic (exact) mass is 293 g/mol. The molecule has 118 valence electrons. The molecule has 21 heavy (non-hydrogen) atoms. The fourth-order valence-electron chi connectivity index (χ4n) is 2.68. The van der Waals surface area contributed by atoms with Gasteiger partial charge in [0.15, 0.2) is 0 Å². The van der Waals surface area contributed by atoms with Crippen LogP contribution in [0.4, 0.5) is 10.1 Å². The van der Waals surface area contributed by atoms with Crippen molar-refractivity contribution in [1.82, 2.24) is 10.2 Å². The number of hydrogen-bond acceptors (Lipinski definition) is 3. The minimum absolute atomic E-state index is 0.0720. The number of hydrogen-bond donors (Lipinski definition) is 1. The molecule has 1 fully saturated rings. The Morgan fingerprint density at radius 3 is 2.57 bits per heavy atom.